The standard InChI is InChI=1S/C13H17NO4/c1-18-12-7-9(4-5-11(12)15)8-14-6-2-3-10(14)13(16)17/h4-5,7,10,15H,2-3,6,8H2,1H3,(H,16,17). The molecule has 2 rings (SSSR count). The fourth-order valence-electron chi connectivity index (χ4n) is 2.35. The normalized spacial score (nSPS) is 19.9. The average Bonchev–Trinajstić information content (AvgIpc) is 2.80. The molecule has 1 aliphatic rings. The Hall–Kier alpha value is -1.75. The van der Waals surface area contributed by atoms with Gasteiger partial charge in [-0.05, 0) is 37.1 Å². The number of hydrogen-bond acceptors (Lipinski definition) is 4. The third-order valence-electron chi connectivity index (χ3n) is 3.28. The lowest BCUT2D eigenvalue weighted by molar-refractivity contribution is -0.142. The van der Waals surface area contributed by atoms with Gasteiger partial charge < -0.3 is 14.9 Å². The van der Waals surface area contributed by atoms with Gasteiger partial charge in [-0.25, -0.2) is 0 Å². The zero-order valence-electron chi connectivity index (χ0n) is 10.3. The molecule has 1 aromatic carbocycles. The number of aromatic hydroxyl groups is 1. The molecule has 0 amide bonds. The molecule has 1 fully saturated rings. The zero-order chi connectivity index (χ0) is 13.1. The maximum atomic E-state index is 11.1. The van der Waals surface area contributed by atoms with Gasteiger partial charge in [-0.1, -0.05) is 6.07 Å². The van der Waals surface area contributed by atoms with Crippen LogP contribution in [0.3, 0.4) is 0 Å². The summed E-state index contributed by atoms with van der Waals surface area (Å²) >= 11 is 0. The Bertz CT molecular complexity index is 447. The van der Waals surface area contributed by atoms with Gasteiger partial charge in [0.15, 0.2) is 11.5 Å². The van der Waals surface area contributed by atoms with Crippen LogP contribution in [0.15, 0.2) is 18.2 Å². The van der Waals surface area contributed by atoms with Crippen LogP contribution in [0, 0.1) is 0 Å². The van der Waals surface area contributed by atoms with Crippen LogP contribution in [-0.4, -0.2) is 40.8 Å². The third kappa shape index (κ3) is 2.56. The lowest BCUT2D eigenvalue weighted by Crippen LogP contribution is -2.35. The predicted molar refractivity (Wildman–Crippen MR) is 65.7 cm³/mol. The molecule has 5 nitrogen and oxygen atoms in total. The van der Waals surface area contributed by atoms with Crippen LogP contribution in [0.4, 0.5) is 0 Å². The molecule has 0 radical (unpaired) electrons. The third-order valence-corrected chi connectivity index (χ3v) is 3.28. The maximum absolute atomic E-state index is 11.1. The Balaban J connectivity index is 2.11. The van der Waals surface area contributed by atoms with Crippen molar-refractivity contribution >= 4 is 5.97 Å². The molecule has 98 valence electrons. The van der Waals surface area contributed by atoms with Crippen LogP contribution in [0.25, 0.3) is 0 Å². The number of carboxylic acids is 1. The number of rotatable bonds is 4. The molecule has 5 heteroatoms. The van der Waals surface area contributed by atoms with Gasteiger partial charge in [-0.2, -0.15) is 0 Å². The molecule has 2 N–H and O–H groups in total. The number of nitrogens with zero attached hydrogens (tertiary/aromatic N) is 1. The number of phenols is 1. The van der Waals surface area contributed by atoms with Crippen LogP contribution in [0.5, 0.6) is 11.5 Å². The van der Waals surface area contributed by atoms with Crippen molar-refractivity contribution in [2.24, 2.45) is 0 Å². The van der Waals surface area contributed by atoms with E-state index in [4.69, 9.17) is 9.84 Å². The Morgan fingerprint density at radius 2 is 2.33 bits per heavy atom. The van der Waals surface area contributed by atoms with E-state index < -0.39 is 12.0 Å². The van der Waals surface area contributed by atoms with Crippen molar-refractivity contribution in [1.29, 1.82) is 0 Å². The van der Waals surface area contributed by atoms with E-state index in [0.717, 1.165) is 18.5 Å². The summed E-state index contributed by atoms with van der Waals surface area (Å²) in [4.78, 5) is 13.0. The Kier molecular flexibility index (Phi) is 3.72. The quantitative estimate of drug-likeness (QED) is 0.847. The molecule has 1 aromatic rings. The minimum atomic E-state index is -0.766. The second-order valence-corrected chi connectivity index (χ2v) is 4.47. The molecule has 1 saturated heterocycles. The van der Waals surface area contributed by atoms with Crippen LogP contribution >= 0.6 is 0 Å². The van der Waals surface area contributed by atoms with Crippen LogP contribution < -0.4 is 4.74 Å². The molecule has 0 bridgehead atoms. The zero-order valence-corrected chi connectivity index (χ0v) is 10.3. The number of carboxylic acid groups (broad SMARTS) is 1. The molecule has 18 heavy (non-hydrogen) atoms. The number of hydrogen-bond donors (Lipinski definition) is 2. The molecule has 1 atom stereocenters. The van der Waals surface area contributed by atoms with Crippen molar-refractivity contribution in [3.63, 3.8) is 0 Å². The van der Waals surface area contributed by atoms with E-state index in [1.807, 2.05) is 4.90 Å². The summed E-state index contributed by atoms with van der Waals surface area (Å²) in [5.41, 5.74) is 0.942. The molecule has 0 aliphatic carbocycles. The molecule has 1 heterocycles. The Morgan fingerprint density at radius 3 is 3.00 bits per heavy atom. The molecular formula is C13H17NO4. The number of carbonyl (C=O) groups is 1. The van der Waals surface area contributed by atoms with E-state index in [9.17, 15) is 9.90 Å². The van der Waals surface area contributed by atoms with Crippen molar-refractivity contribution in [1.82, 2.24) is 4.90 Å². The van der Waals surface area contributed by atoms with Crippen molar-refractivity contribution in [3.05, 3.63) is 23.8 Å². The van der Waals surface area contributed by atoms with Gasteiger partial charge in [0.25, 0.3) is 0 Å². The van der Waals surface area contributed by atoms with Crippen molar-refractivity contribution < 1.29 is 19.7 Å². The number of methoxy groups -OCH3 is 1. The molecule has 0 spiro atoms. The topological polar surface area (TPSA) is 70.0 Å². The average molecular weight is 251 g/mol. The molecule has 1 aliphatic heterocycles. The first-order chi connectivity index (χ1) is 8.61. The second kappa shape index (κ2) is 5.27. The van der Waals surface area contributed by atoms with E-state index in [-0.39, 0.29) is 5.75 Å². The van der Waals surface area contributed by atoms with Crippen LogP contribution in [0.1, 0.15) is 18.4 Å². The minimum absolute atomic E-state index is 0.0949. The smallest absolute Gasteiger partial charge is 0.320 e. The van der Waals surface area contributed by atoms with Crippen molar-refractivity contribution in [2.45, 2.75) is 25.4 Å². The number of benzene rings is 1. The highest BCUT2D eigenvalue weighted by Crippen LogP contribution is 2.28. The summed E-state index contributed by atoms with van der Waals surface area (Å²) in [5, 5.41) is 18.6. The number of aliphatic carboxylic acids is 1. The van der Waals surface area contributed by atoms with Gasteiger partial charge in [-0.15, -0.1) is 0 Å². The molecule has 1 unspecified atom stereocenters. The summed E-state index contributed by atoms with van der Waals surface area (Å²) < 4.78 is 5.04. The Labute approximate surface area is 106 Å². The first kappa shape index (κ1) is 12.7. The highest BCUT2D eigenvalue weighted by Gasteiger charge is 2.30. The van der Waals surface area contributed by atoms with E-state index >= 15 is 0 Å². The van der Waals surface area contributed by atoms with E-state index in [1.165, 1.54) is 7.11 Å². The van der Waals surface area contributed by atoms with Gasteiger partial charge >= 0.3 is 5.97 Å². The van der Waals surface area contributed by atoms with E-state index in [0.29, 0.717) is 18.7 Å². The number of phenolic OH excluding ortho intramolecular Hbond substituents is 1. The number of likely N-dealkylation sites (tertiary alicyclic amines) is 1. The molecule has 0 aromatic heterocycles. The second-order valence-electron chi connectivity index (χ2n) is 4.47. The van der Waals surface area contributed by atoms with Gasteiger partial charge in [0.05, 0.1) is 7.11 Å². The van der Waals surface area contributed by atoms with Gasteiger partial charge in [-0.3, -0.25) is 9.69 Å². The van der Waals surface area contributed by atoms with Gasteiger partial charge in [0, 0.05) is 6.54 Å². The Morgan fingerprint density at radius 1 is 1.56 bits per heavy atom. The number of ether oxygens (including phenoxy) is 1. The van der Waals surface area contributed by atoms with Crippen LogP contribution in [0.2, 0.25) is 0 Å². The monoisotopic (exact) mass is 251 g/mol. The lowest BCUT2D eigenvalue weighted by atomic mass is 10.1. The summed E-state index contributed by atoms with van der Waals surface area (Å²) in [6.45, 7) is 1.35. The van der Waals surface area contributed by atoms with Gasteiger partial charge in [0.1, 0.15) is 6.04 Å². The van der Waals surface area contributed by atoms with Crippen molar-refractivity contribution in [3.8, 4) is 11.5 Å². The highest BCUT2D eigenvalue weighted by molar-refractivity contribution is 5.73. The first-order valence-electron chi connectivity index (χ1n) is 5.94. The van der Waals surface area contributed by atoms with Gasteiger partial charge in [0.2, 0.25) is 0 Å². The van der Waals surface area contributed by atoms with Crippen LogP contribution in [-0.2, 0) is 11.3 Å². The highest BCUT2D eigenvalue weighted by atomic mass is 16.5. The SMILES string of the molecule is COc1cc(CN2CCCC2C(=O)O)ccc1O. The summed E-state index contributed by atoms with van der Waals surface area (Å²) in [6.07, 6.45) is 1.61. The first-order valence-corrected chi connectivity index (χ1v) is 5.94. The molecular weight excluding hydrogens is 234 g/mol. The lowest BCUT2D eigenvalue weighted by Gasteiger charge is -2.21. The van der Waals surface area contributed by atoms with Crippen molar-refractivity contribution in [2.75, 3.05) is 13.7 Å². The summed E-state index contributed by atoms with van der Waals surface area (Å²) in [6, 6.07) is 4.70. The fourth-order valence-corrected chi connectivity index (χ4v) is 2.35. The maximum Gasteiger partial charge on any atom is 0.320 e. The molecule has 0 saturated carbocycles. The minimum Gasteiger partial charge on any atom is -0.504 e. The largest absolute Gasteiger partial charge is 0.504 e. The van der Waals surface area contributed by atoms with E-state index in [1.54, 1.807) is 18.2 Å². The predicted octanol–water partition coefficient (Wildman–Crippen LogP) is 1.45. The summed E-state index contributed by atoms with van der Waals surface area (Å²) in [7, 11) is 1.49. The fraction of sp³-hybridized carbons (Fsp3) is 0.462. The van der Waals surface area contributed by atoms with E-state index in [2.05, 4.69) is 0 Å². The summed E-state index contributed by atoms with van der Waals surface area (Å²) in [5.74, 6) is -0.255.